The van der Waals surface area contributed by atoms with Gasteiger partial charge in [-0.05, 0) is 37.3 Å². The van der Waals surface area contributed by atoms with Crippen molar-refractivity contribution in [3.63, 3.8) is 0 Å². The van der Waals surface area contributed by atoms with Gasteiger partial charge in [-0.1, -0.05) is 18.2 Å². The van der Waals surface area contributed by atoms with Crippen molar-refractivity contribution < 1.29 is 5.11 Å². The minimum absolute atomic E-state index is 0.154. The van der Waals surface area contributed by atoms with Crippen LogP contribution in [-0.4, -0.2) is 23.8 Å². The van der Waals surface area contributed by atoms with Crippen molar-refractivity contribution in [3.8, 4) is 0 Å². The van der Waals surface area contributed by atoms with Crippen LogP contribution in [0.4, 0.5) is 5.69 Å². The third-order valence-electron chi connectivity index (χ3n) is 4.17. The smallest absolute Gasteiger partial charge is 0.0743 e. The van der Waals surface area contributed by atoms with Crippen LogP contribution in [0, 0.1) is 0 Å². The molecule has 3 nitrogen and oxygen atoms in total. The van der Waals surface area contributed by atoms with Gasteiger partial charge in [-0.15, -0.1) is 0 Å². The number of aliphatic hydroxyl groups is 1. The number of fused-ring (bicyclic) bond motifs is 1. The molecule has 3 heteroatoms. The molecule has 0 radical (unpaired) electrons. The van der Waals surface area contributed by atoms with Crippen LogP contribution in [0.3, 0.4) is 0 Å². The van der Waals surface area contributed by atoms with Crippen molar-refractivity contribution in [2.45, 2.75) is 43.9 Å². The van der Waals surface area contributed by atoms with Crippen molar-refractivity contribution >= 4 is 5.69 Å². The van der Waals surface area contributed by atoms with Crippen LogP contribution in [0.15, 0.2) is 24.3 Å². The number of aliphatic hydroxyl groups excluding tert-OH is 1. The molecule has 1 aliphatic carbocycles. The molecule has 17 heavy (non-hydrogen) atoms. The van der Waals surface area contributed by atoms with Gasteiger partial charge in [-0.2, -0.15) is 0 Å². The molecule has 3 rings (SSSR count). The molecule has 2 aliphatic rings. The Morgan fingerprint density at radius 1 is 1.18 bits per heavy atom. The number of benzene rings is 1. The largest absolute Gasteiger partial charge is 0.391 e. The predicted molar refractivity (Wildman–Crippen MR) is 69.0 cm³/mol. The summed E-state index contributed by atoms with van der Waals surface area (Å²) in [5, 5.41) is 10.1. The third kappa shape index (κ3) is 1.83. The third-order valence-corrected chi connectivity index (χ3v) is 4.17. The Morgan fingerprint density at radius 2 is 2.00 bits per heavy atom. The summed E-state index contributed by atoms with van der Waals surface area (Å²) in [6.07, 6.45) is 3.99. The van der Waals surface area contributed by atoms with E-state index in [2.05, 4.69) is 23.1 Å². The van der Waals surface area contributed by atoms with Gasteiger partial charge >= 0.3 is 0 Å². The molecule has 92 valence electrons. The summed E-state index contributed by atoms with van der Waals surface area (Å²) in [6.45, 7) is 0.972. The number of nitrogens with zero attached hydrogens (tertiary/aromatic N) is 1. The summed E-state index contributed by atoms with van der Waals surface area (Å²) >= 11 is 0. The summed E-state index contributed by atoms with van der Waals surface area (Å²) in [4.78, 5) is 2.37. The molecule has 0 spiro atoms. The quantitative estimate of drug-likeness (QED) is 0.776. The van der Waals surface area contributed by atoms with E-state index in [-0.39, 0.29) is 12.1 Å². The predicted octanol–water partition coefficient (Wildman–Crippen LogP) is 1.81. The summed E-state index contributed by atoms with van der Waals surface area (Å²) in [5.74, 6) is 0. The van der Waals surface area contributed by atoms with E-state index in [0.717, 1.165) is 32.2 Å². The first kappa shape index (κ1) is 11.1. The maximum absolute atomic E-state index is 10.1. The topological polar surface area (TPSA) is 49.5 Å². The van der Waals surface area contributed by atoms with Crippen molar-refractivity contribution in [3.05, 3.63) is 29.8 Å². The normalized spacial score (nSPS) is 32.6. The monoisotopic (exact) mass is 232 g/mol. The average Bonchev–Trinajstić information content (AvgIpc) is 2.77. The van der Waals surface area contributed by atoms with Gasteiger partial charge in [0.15, 0.2) is 0 Å². The van der Waals surface area contributed by atoms with Gasteiger partial charge in [0.25, 0.3) is 0 Å². The lowest BCUT2D eigenvalue weighted by Gasteiger charge is -2.39. The fourth-order valence-corrected chi connectivity index (χ4v) is 3.25. The molecule has 1 heterocycles. The Kier molecular flexibility index (Phi) is 2.81. The number of hydrogen-bond donors (Lipinski definition) is 2. The average molecular weight is 232 g/mol. The molecule has 1 fully saturated rings. The van der Waals surface area contributed by atoms with E-state index in [1.807, 2.05) is 6.07 Å². The number of nitrogens with two attached hydrogens (primary N) is 1. The summed E-state index contributed by atoms with van der Waals surface area (Å²) in [5.41, 5.74) is 8.62. The molecule has 3 atom stereocenters. The highest BCUT2D eigenvalue weighted by molar-refractivity contribution is 5.58. The van der Waals surface area contributed by atoms with E-state index >= 15 is 0 Å². The van der Waals surface area contributed by atoms with E-state index in [1.165, 1.54) is 11.3 Å². The fourth-order valence-electron chi connectivity index (χ4n) is 3.25. The molecule has 1 aromatic carbocycles. The minimum Gasteiger partial charge on any atom is -0.391 e. The van der Waals surface area contributed by atoms with Crippen LogP contribution in [0.2, 0.25) is 0 Å². The Balaban J connectivity index is 1.95. The van der Waals surface area contributed by atoms with Gasteiger partial charge in [-0.25, -0.2) is 0 Å². The lowest BCUT2D eigenvalue weighted by atomic mass is 9.95. The van der Waals surface area contributed by atoms with Crippen LogP contribution in [-0.2, 0) is 0 Å². The van der Waals surface area contributed by atoms with E-state index in [0.29, 0.717) is 6.04 Å². The zero-order valence-corrected chi connectivity index (χ0v) is 10.0. The Morgan fingerprint density at radius 3 is 2.76 bits per heavy atom. The highest BCUT2D eigenvalue weighted by Gasteiger charge is 2.34. The molecule has 3 N–H and O–H groups in total. The molecule has 0 saturated heterocycles. The number of anilines is 1. The molecular formula is C14H20N2O. The van der Waals surface area contributed by atoms with Crippen molar-refractivity contribution in [1.82, 2.24) is 0 Å². The lowest BCUT2D eigenvalue weighted by Crippen LogP contribution is -2.44. The van der Waals surface area contributed by atoms with E-state index in [9.17, 15) is 5.11 Å². The second-order valence-electron chi connectivity index (χ2n) is 5.21. The summed E-state index contributed by atoms with van der Waals surface area (Å²) < 4.78 is 0. The van der Waals surface area contributed by atoms with Crippen molar-refractivity contribution in [1.29, 1.82) is 0 Å². The Labute approximate surface area is 102 Å². The maximum Gasteiger partial charge on any atom is 0.0743 e. The zero-order valence-electron chi connectivity index (χ0n) is 10.0. The molecule has 3 unspecified atom stereocenters. The highest BCUT2D eigenvalue weighted by atomic mass is 16.3. The van der Waals surface area contributed by atoms with Crippen LogP contribution in [0.25, 0.3) is 0 Å². The van der Waals surface area contributed by atoms with Crippen LogP contribution in [0.5, 0.6) is 0 Å². The molecule has 1 aliphatic heterocycles. The number of rotatable bonds is 1. The molecule has 0 amide bonds. The number of hydrogen-bond acceptors (Lipinski definition) is 3. The van der Waals surface area contributed by atoms with E-state index in [4.69, 9.17) is 5.73 Å². The SMILES string of the molecule is NC1CCN(C2CCCC2O)c2ccccc21. The Hall–Kier alpha value is -1.06. The first-order valence-electron chi connectivity index (χ1n) is 6.56. The van der Waals surface area contributed by atoms with Gasteiger partial charge in [0, 0.05) is 18.3 Å². The van der Waals surface area contributed by atoms with Gasteiger partial charge < -0.3 is 15.7 Å². The zero-order chi connectivity index (χ0) is 11.8. The molecule has 0 bridgehead atoms. The highest BCUT2D eigenvalue weighted by Crippen LogP contribution is 2.37. The first-order chi connectivity index (χ1) is 8.27. The van der Waals surface area contributed by atoms with E-state index in [1.54, 1.807) is 0 Å². The lowest BCUT2D eigenvalue weighted by molar-refractivity contribution is 0.159. The van der Waals surface area contributed by atoms with Crippen molar-refractivity contribution in [2.24, 2.45) is 5.73 Å². The fraction of sp³-hybridized carbons (Fsp3) is 0.571. The minimum atomic E-state index is -0.169. The van der Waals surface area contributed by atoms with E-state index < -0.39 is 0 Å². The molecule has 1 saturated carbocycles. The van der Waals surface area contributed by atoms with Crippen LogP contribution in [0.1, 0.15) is 37.3 Å². The number of para-hydroxylation sites is 1. The molecule has 1 aromatic rings. The second kappa shape index (κ2) is 4.31. The van der Waals surface area contributed by atoms with Crippen molar-refractivity contribution in [2.75, 3.05) is 11.4 Å². The second-order valence-corrected chi connectivity index (χ2v) is 5.21. The summed E-state index contributed by atoms with van der Waals surface area (Å²) in [6, 6.07) is 8.82. The van der Waals surface area contributed by atoms with Gasteiger partial charge in [-0.3, -0.25) is 0 Å². The van der Waals surface area contributed by atoms with Gasteiger partial charge in [0.05, 0.1) is 12.1 Å². The Bertz CT molecular complexity index is 407. The molecular weight excluding hydrogens is 212 g/mol. The van der Waals surface area contributed by atoms with Crippen LogP contribution < -0.4 is 10.6 Å². The van der Waals surface area contributed by atoms with Gasteiger partial charge in [0.2, 0.25) is 0 Å². The summed E-state index contributed by atoms with van der Waals surface area (Å²) in [7, 11) is 0. The van der Waals surface area contributed by atoms with Gasteiger partial charge in [0.1, 0.15) is 0 Å². The molecule has 0 aromatic heterocycles. The van der Waals surface area contributed by atoms with Crippen LogP contribution >= 0.6 is 0 Å². The first-order valence-corrected chi connectivity index (χ1v) is 6.56. The standard InChI is InChI=1S/C14H20N2O/c15-11-8-9-16(13-6-3-7-14(13)17)12-5-2-1-4-10(11)12/h1-2,4-5,11,13-14,17H,3,6-9,15H2. The maximum atomic E-state index is 10.1.